The Labute approximate surface area is 526 Å². The van der Waals surface area contributed by atoms with Crippen LogP contribution < -0.4 is 0 Å². The average Bonchev–Trinajstić information content (AvgIpc) is 0.676. The number of ether oxygens (including phenoxy) is 10. The van der Waals surface area contributed by atoms with E-state index >= 15 is 0 Å². The van der Waals surface area contributed by atoms with Crippen molar-refractivity contribution in [2.75, 3.05) is 33.0 Å². The lowest BCUT2D eigenvalue weighted by molar-refractivity contribution is -0.374. The maximum absolute atomic E-state index is 12.7. The fourth-order valence-electron chi connectivity index (χ4n) is 18.0. The molecule has 5 saturated heterocycles. The third-order valence-electron chi connectivity index (χ3n) is 23.8. The third kappa shape index (κ3) is 12.4. The van der Waals surface area contributed by atoms with Crippen LogP contribution in [0.5, 0.6) is 0 Å². The van der Waals surface area contributed by atoms with Crippen LogP contribution in [0.3, 0.4) is 0 Å². The van der Waals surface area contributed by atoms with E-state index in [1.165, 1.54) is 6.92 Å². The molecule has 0 amide bonds. The second-order valence-electron chi connectivity index (χ2n) is 29.3. The van der Waals surface area contributed by atoms with Crippen LogP contribution in [0.25, 0.3) is 0 Å². The highest BCUT2D eigenvalue weighted by Gasteiger charge is 2.71. The molecule has 4 saturated carbocycles. The normalized spacial score (nSPS) is 54.1. The van der Waals surface area contributed by atoms with Gasteiger partial charge in [0.2, 0.25) is 0 Å². The van der Waals surface area contributed by atoms with Crippen LogP contribution in [0.2, 0.25) is 0 Å². The van der Waals surface area contributed by atoms with Crippen molar-refractivity contribution >= 4 is 0 Å². The molecule has 5 aliphatic carbocycles. The molecule has 35 atom stereocenters. The highest BCUT2D eigenvalue weighted by atomic mass is 16.8. The van der Waals surface area contributed by atoms with Gasteiger partial charge in [-0.3, -0.25) is 0 Å². The highest BCUT2D eigenvalue weighted by molar-refractivity contribution is 5.35. The van der Waals surface area contributed by atoms with Crippen LogP contribution in [0, 0.1) is 50.2 Å². The van der Waals surface area contributed by atoms with Gasteiger partial charge < -0.3 is 139 Å². The molecule has 524 valence electrons. The lowest BCUT2D eigenvalue weighted by atomic mass is 9.33. The van der Waals surface area contributed by atoms with Crippen molar-refractivity contribution in [3.8, 4) is 0 Å². The van der Waals surface area contributed by atoms with Gasteiger partial charge in [-0.05, 0) is 103 Å². The van der Waals surface area contributed by atoms with Gasteiger partial charge in [-0.15, -0.1) is 0 Å². The zero-order chi connectivity index (χ0) is 64.4. The van der Waals surface area contributed by atoms with E-state index in [0.29, 0.717) is 38.5 Å². The summed E-state index contributed by atoms with van der Waals surface area (Å²) in [4.78, 5) is 0. The van der Waals surface area contributed by atoms with Gasteiger partial charge in [-0.2, -0.15) is 0 Å². The van der Waals surface area contributed by atoms with E-state index in [-0.39, 0.29) is 44.1 Å². The van der Waals surface area contributed by atoms with Gasteiger partial charge in [-0.25, -0.2) is 0 Å². The Bertz CT molecular complexity index is 2410. The summed E-state index contributed by atoms with van der Waals surface area (Å²) >= 11 is 0. The Hall–Kier alpha value is -1.38. The molecule has 5 heterocycles. The number of allylic oxidation sites excluding steroid dienone is 2. The van der Waals surface area contributed by atoms with Gasteiger partial charge in [0.25, 0.3) is 0 Å². The first-order chi connectivity index (χ1) is 41.1. The van der Waals surface area contributed by atoms with Gasteiger partial charge in [0.05, 0.1) is 57.5 Å². The highest BCUT2D eigenvalue weighted by Crippen LogP contribution is 2.76. The van der Waals surface area contributed by atoms with Crippen LogP contribution in [0.4, 0.5) is 0 Å². The van der Waals surface area contributed by atoms with Crippen molar-refractivity contribution in [1.82, 2.24) is 0 Å². The first-order valence-electron chi connectivity index (χ1n) is 31.4. The fourth-order valence-corrected chi connectivity index (χ4v) is 18.0. The van der Waals surface area contributed by atoms with Gasteiger partial charge in [0.15, 0.2) is 31.5 Å². The van der Waals surface area contributed by atoms with E-state index in [1.807, 2.05) is 13.8 Å². The Kier molecular flexibility index (Phi) is 22.7. The van der Waals surface area contributed by atoms with Crippen LogP contribution in [-0.4, -0.2) is 297 Å². The molecule has 0 aromatic rings. The molecule has 0 aromatic heterocycles. The second kappa shape index (κ2) is 27.5. The summed E-state index contributed by atoms with van der Waals surface area (Å²) in [6, 6.07) is 0. The van der Waals surface area contributed by atoms with E-state index in [1.54, 1.807) is 0 Å². The zero-order valence-electron chi connectivity index (χ0n) is 51.3. The van der Waals surface area contributed by atoms with E-state index in [0.717, 1.165) is 18.4 Å². The molecule has 10 rings (SSSR count). The number of rotatable bonds is 15. The Morgan fingerprint density at radius 3 is 1.49 bits per heavy atom. The summed E-state index contributed by atoms with van der Waals surface area (Å²) in [6.45, 7) is 13.7. The summed E-state index contributed by atoms with van der Waals surface area (Å²) in [7, 11) is 0. The van der Waals surface area contributed by atoms with Crippen molar-refractivity contribution in [2.24, 2.45) is 50.2 Å². The predicted molar refractivity (Wildman–Crippen MR) is 310 cm³/mol. The minimum Gasteiger partial charge on any atom is -0.394 e. The van der Waals surface area contributed by atoms with Crippen molar-refractivity contribution in [2.45, 2.75) is 293 Å². The Morgan fingerprint density at radius 2 is 0.944 bits per heavy atom. The van der Waals surface area contributed by atoms with Crippen molar-refractivity contribution in [3.63, 3.8) is 0 Å². The van der Waals surface area contributed by atoms with Crippen LogP contribution in [0.1, 0.15) is 122 Å². The SMILES string of the molecule is C.C.CC1O[C@@H](OC2[C@H](OC[C@@]34CC[C@]5(C)C(=CCC6[C@@]7(C)CC[C@H](O[C@@H]8OC(CO[C@@H]9OC(CO)[C@@H](O)[C@@H](O)C9O)[C@@H](O)[C@@H](O)C8O)C(C)(C)C7CC[C@]65C)C3CC(C)(C)[C@@H](O)[C@@H]4O)OC(CO[C@@H]3OC(CO)[C@@H](O)[C@@H](O)C3O)[C@@H](O)[C@H]2O)C(O)[C@@H](O)[C@H]1O. The standard InChI is InChI=1S/C60H100O28.2CH4/c1-23-33(63)38(68)45(75)52(82-23)88-47-42(72)37(67)29(21-80-51-44(74)40(70)35(65)27(19-62)84-51)86-54(47)81-22-60-16-15-58(7)24(25(60)17-55(2,3)48(77)49(60)78)9-10-31-57(6)13-12-32(56(4,5)30(57)11-14-59(31,58)8)87-53-46(76)41(71)36(66)28(85-53)20-79-50-43(73)39(69)34(64)26(18-61)83-50;;/h9,23,25-54,61-78H,10-22H2,1-8H3;2*1H4/t23?,25?,26?,27?,28?,29?,30?,31?,32-,33-,34+,35+,36+,37+,38-,39+,40+,41+,42+,43?,44?,45?,46?,47?,48-,49-,50+,51+,52-,53-,54+,57-,58+,59+,60-;;/m0../s1. The first-order valence-corrected chi connectivity index (χ1v) is 31.4. The van der Waals surface area contributed by atoms with E-state index in [9.17, 15) is 91.9 Å². The minimum absolute atomic E-state index is 0. The largest absolute Gasteiger partial charge is 0.394 e. The number of aliphatic hydroxyl groups is 18. The summed E-state index contributed by atoms with van der Waals surface area (Å²) in [5, 5.41) is 196. The first kappa shape index (κ1) is 74.4. The summed E-state index contributed by atoms with van der Waals surface area (Å²) in [5.41, 5.74) is -2.51. The lowest BCUT2D eigenvalue weighted by Gasteiger charge is -2.72. The minimum atomic E-state index is -1.91. The molecular formula is C62H108O28. The molecule has 9 fully saturated rings. The van der Waals surface area contributed by atoms with Gasteiger partial charge in [-0.1, -0.05) is 75.0 Å². The topological polar surface area (TPSA) is 456 Å². The fraction of sp³-hybridized carbons (Fsp3) is 0.968. The molecule has 5 aliphatic heterocycles. The smallest absolute Gasteiger partial charge is 0.187 e. The van der Waals surface area contributed by atoms with Crippen molar-refractivity contribution < 1.29 is 139 Å². The summed E-state index contributed by atoms with van der Waals surface area (Å²) < 4.78 is 60.2. The molecule has 28 nitrogen and oxygen atoms in total. The maximum atomic E-state index is 12.7. The average molecular weight is 1300 g/mol. The van der Waals surface area contributed by atoms with E-state index < -0.39 is 226 Å². The van der Waals surface area contributed by atoms with Crippen LogP contribution in [0.15, 0.2) is 11.6 Å². The molecular weight excluding hydrogens is 1190 g/mol. The summed E-state index contributed by atoms with van der Waals surface area (Å²) in [5.74, 6) is -0.207. The summed E-state index contributed by atoms with van der Waals surface area (Å²) in [6.07, 6.45) is -36.5. The van der Waals surface area contributed by atoms with Crippen molar-refractivity contribution in [3.05, 3.63) is 11.6 Å². The second-order valence-corrected chi connectivity index (χ2v) is 29.3. The number of fused-ring (bicyclic) bond motifs is 7. The van der Waals surface area contributed by atoms with Gasteiger partial charge in [0.1, 0.15) is 116 Å². The number of hydrogen-bond acceptors (Lipinski definition) is 28. The Balaban J connectivity index is 0.00000523. The van der Waals surface area contributed by atoms with Crippen LogP contribution in [-0.2, 0) is 47.4 Å². The van der Waals surface area contributed by atoms with E-state index in [4.69, 9.17) is 47.4 Å². The number of hydrogen-bond donors (Lipinski definition) is 18. The number of aliphatic hydroxyl groups excluding tert-OH is 18. The molecule has 0 spiro atoms. The Morgan fingerprint density at radius 1 is 0.467 bits per heavy atom. The molecule has 0 bridgehead atoms. The molecule has 90 heavy (non-hydrogen) atoms. The zero-order valence-corrected chi connectivity index (χ0v) is 51.3. The third-order valence-corrected chi connectivity index (χ3v) is 23.8. The molecule has 0 aromatic carbocycles. The molecule has 28 heteroatoms. The molecule has 0 radical (unpaired) electrons. The lowest BCUT2D eigenvalue weighted by Crippen LogP contribution is -2.69. The van der Waals surface area contributed by atoms with E-state index in [2.05, 4.69) is 40.7 Å². The maximum Gasteiger partial charge on any atom is 0.187 e. The van der Waals surface area contributed by atoms with Crippen molar-refractivity contribution in [1.29, 1.82) is 0 Å². The quantitative estimate of drug-likeness (QED) is 0.0559. The monoisotopic (exact) mass is 1300 g/mol. The predicted octanol–water partition coefficient (Wildman–Crippen LogP) is -3.50. The van der Waals surface area contributed by atoms with Gasteiger partial charge in [0, 0.05) is 5.41 Å². The molecule has 13 unspecified atom stereocenters. The molecule has 10 aliphatic rings. The van der Waals surface area contributed by atoms with Crippen LogP contribution >= 0.6 is 0 Å². The molecule has 18 N–H and O–H groups in total. The van der Waals surface area contributed by atoms with Gasteiger partial charge >= 0.3 is 0 Å².